The van der Waals surface area contributed by atoms with Crippen LogP contribution >= 0.6 is 27.5 Å². The minimum absolute atomic E-state index is 0.0492. The van der Waals surface area contributed by atoms with Gasteiger partial charge in [0, 0.05) is 21.0 Å². The molecule has 32 heavy (non-hydrogen) atoms. The molecule has 0 N–H and O–H groups in total. The Morgan fingerprint density at radius 2 is 2.00 bits per heavy atom. The van der Waals surface area contributed by atoms with Crippen LogP contribution in [0.15, 0.2) is 50.8 Å². The van der Waals surface area contributed by atoms with E-state index >= 15 is 0 Å². The van der Waals surface area contributed by atoms with Crippen molar-refractivity contribution in [1.29, 1.82) is 0 Å². The molecule has 168 valence electrons. The molecule has 1 atom stereocenters. The third kappa shape index (κ3) is 5.37. The molecule has 9 heteroatoms. The molecule has 7 nitrogen and oxygen atoms in total. The van der Waals surface area contributed by atoms with E-state index in [1.54, 1.807) is 44.2 Å². The number of carbonyl (C=O) groups excluding carboxylic acids is 1. The second-order valence-corrected chi connectivity index (χ2v) is 8.69. The Labute approximate surface area is 199 Å². The molecule has 2 aromatic carbocycles. The molecule has 3 aromatic rings. The number of carbonyl (C=O) groups is 1. The molecule has 0 bridgehead atoms. The highest BCUT2D eigenvalue weighted by atomic mass is 79.9. The molecular formula is C23H23BrClN3O4. The first-order chi connectivity index (χ1) is 15.2. The number of hydrogen-bond acceptors (Lipinski definition) is 6. The molecule has 0 radical (unpaired) electrons. The second kappa shape index (κ2) is 10.3. The summed E-state index contributed by atoms with van der Waals surface area (Å²) in [6, 6.07) is 10.3. The number of hydrogen-bond donors (Lipinski definition) is 0. The first kappa shape index (κ1) is 23.9. The van der Waals surface area contributed by atoms with E-state index in [0.717, 1.165) is 4.47 Å². The lowest BCUT2D eigenvalue weighted by molar-refractivity contribution is -0.150. The zero-order chi connectivity index (χ0) is 23.4. The van der Waals surface area contributed by atoms with Gasteiger partial charge in [-0.1, -0.05) is 41.4 Å². The maximum absolute atomic E-state index is 13.2. The van der Waals surface area contributed by atoms with Crippen LogP contribution < -0.4 is 10.3 Å². The fourth-order valence-electron chi connectivity index (χ4n) is 3.00. The third-order valence-electron chi connectivity index (χ3n) is 4.56. The fourth-order valence-corrected chi connectivity index (χ4v) is 3.54. The summed E-state index contributed by atoms with van der Waals surface area (Å²) in [5.41, 5.74) is 0.814. The first-order valence-corrected chi connectivity index (χ1v) is 11.3. The first-order valence-electron chi connectivity index (χ1n) is 10.1. The van der Waals surface area contributed by atoms with Crippen LogP contribution in [0.5, 0.6) is 5.75 Å². The van der Waals surface area contributed by atoms with E-state index in [2.05, 4.69) is 26.0 Å². The van der Waals surface area contributed by atoms with Crippen LogP contribution in [0.2, 0.25) is 5.02 Å². The Kier molecular flexibility index (Phi) is 7.69. The van der Waals surface area contributed by atoms with Crippen molar-refractivity contribution >= 4 is 50.6 Å². The Bertz CT molecular complexity index is 1240. The zero-order valence-corrected chi connectivity index (χ0v) is 20.5. The summed E-state index contributed by atoms with van der Waals surface area (Å²) in [5.74, 6) is 0.375. The number of ether oxygens (including phenoxy) is 2. The number of esters is 1. The average molecular weight is 521 g/mol. The number of nitrogens with zero attached hydrogens (tertiary/aromatic N) is 3. The lowest BCUT2D eigenvalue weighted by Crippen LogP contribution is -2.26. The number of halogens is 2. The van der Waals surface area contributed by atoms with E-state index in [0.29, 0.717) is 33.1 Å². The summed E-state index contributed by atoms with van der Waals surface area (Å²) in [6.45, 7) is 7.46. The molecule has 0 saturated heterocycles. The van der Waals surface area contributed by atoms with Gasteiger partial charge in [-0.25, -0.2) is 9.78 Å². The topological polar surface area (TPSA) is 82.8 Å². The van der Waals surface area contributed by atoms with Gasteiger partial charge in [-0.3, -0.25) is 4.79 Å². The number of rotatable bonds is 7. The Morgan fingerprint density at radius 1 is 1.25 bits per heavy atom. The fraction of sp³-hybridized carbons (Fsp3) is 0.304. The van der Waals surface area contributed by atoms with Gasteiger partial charge in [-0.2, -0.15) is 9.78 Å². The highest BCUT2D eigenvalue weighted by Crippen LogP contribution is 2.24. The van der Waals surface area contributed by atoms with Gasteiger partial charge in [0.15, 0.2) is 6.10 Å². The minimum Gasteiger partial charge on any atom is -0.478 e. The van der Waals surface area contributed by atoms with E-state index in [1.807, 2.05) is 19.9 Å². The van der Waals surface area contributed by atoms with Crippen molar-refractivity contribution in [2.75, 3.05) is 6.61 Å². The summed E-state index contributed by atoms with van der Waals surface area (Å²) in [5, 5.41) is 5.32. The van der Waals surface area contributed by atoms with Gasteiger partial charge in [0.1, 0.15) is 11.6 Å². The number of benzene rings is 2. The van der Waals surface area contributed by atoms with Crippen LogP contribution in [0.4, 0.5) is 0 Å². The van der Waals surface area contributed by atoms with Crippen molar-refractivity contribution in [3.8, 4) is 5.75 Å². The summed E-state index contributed by atoms with van der Waals surface area (Å²) in [6.07, 6.45) is 0.648. The molecule has 1 aromatic heterocycles. The average Bonchev–Trinajstić information content (AvgIpc) is 2.75. The minimum atomic E-state index is -0.822. The molecular weight excluding hydrogens is 498 g/mol. The van der Waals surface area contributed by atoms with E-state index < -0.39 is 12.1 Å². The zero-order valence-electron chi connectivity index (χ0n) is 18.1. The lowest BCUT2D eigenvalue weighted by atomic mass is 10.2. The highest BCUT2D eigenvalue weighted by Gasteiger charge is 2.18. The SMILES string of the molecule is CCOC(=O)[C@@H](C)Oc1ccc(Cl)cc1C=Nn1c(C(C)C)nc2ccc(Br)cc2c1=O. The second-order valence-electron chi connectivity index (χ2n) is 7.34. The van der Waals surface area contributed by atoms with Crippen molar-refractivity contribution < 1.29 is 14.3 Å². The molecule has 0 aliphatic heterocycles. The van der Waals surface area contributed by atoms with Gasteiger partial charge >= 0.3 is 5.97 Å². The smallest absolute Gasteiger partial charge is 0.347 e. The highest BCUT2D eigenvalue weighted by molar-refractivity contribution is 9.10. The van der Waals surface area contributed by atoms with Gasteiger partial charge in [-0.05, 0) is 50.2 Å². The van der Waals surface area contributed by atoms with Crippen molar-refractivity contribution in [3.05, 3.63) is 67.6 Å². The monoisotopic (exact) mass is 519 g/mol. The predicted molar refractivity (Wildman–Crippen MR) is 129 cm³/mol. The molecule has 0 aliphatic rings. The lowest BCUT2D eigenvalue weighted by Gasteiger charge is -2.15. The van der Waals surface area contributed by atoms with Crippen LogP contribution in [-0.2, 0) is 9.53 Å². The van der Waals surface area contributed by atoms with Crippen LogP contribution in [0, 0.1) is 0 Å². The van der Waals surface area contributed by atoms with Gasteiger partial charge in [0.05, 0.1) is 23.7 Å². The van der Waals surface area contributed by atoms with Gasteiger partial charge in [0.2, 0.25) is 0 Å². The largest absolute Gasteiger partial charge is 0.478 e. The maximum atomic E-state index is 13.2. The molecule has 0 unspecified atom stereocenters. The van der Waals surface area contributed by atoms with Crippen molar-refractivity contribution in [1.82, 2.24) is 9.66 Å². The molecule has 1 heterocycles. The Hall–Kier alpha value is -2.71. The van der Waals surface area contributed by atoms with Crippen molar-refractivity contribution in [2.24, 2.45) is 5.10 Å². The van der Waals surface area contributed by atoms with Gasteiger partial charge in [-0.15, -0.1) is 0 Å². The summed E-state index contributed by atoms with van der Waals surface area (Å²) >= 11 is 9.56. The van der Waals surface area contributed by atoms with E-state index in [1.165, 1.54) is 10.9 Å². The van der Waals surface area contributed by atoms with Gasteiger partial charge in [0.25, 0.3) is 5.56 Å². The maximum Gasteiger partial charge on any atom is 0.347 e. The van der Waals surface area contributed by atoms with E-state index in [-0.39, 0.29) is 18.1 Å². The normalized spacial score (nSPS) is 12.5. The Morgan fingerprint density at radius 3 is 2.69 bits per heavy atom. The van der Waals surface area contributed by atoms with Crippen LogP contribution in [-0.4, -0.2) is 34.6 Å². The molecule has 0 spiro atoms. The Balaban J connectivity index is 2.06. The van der Waals surface area contributed by atoms with E-state index in [9.17, 15) is 9.59 Å². The third-order valence-corrected chi connectivity index (χ3v) is 5.28. The number of fused-ring (bicyclic) bond motifs is 1. The van der Waals surface area contributed by atoms with E-state index in [4.69, 9.17) is 21.1 Å². The molecule has 3 rings (SSSR count). The molecule has 0 fully saturated rings. The van der Waals surface area contributed by atoms with Crippen molar-refractivity contribution in [3.63, 3.8) is 0 Å². The number of aromatic nitrogens is 2. The van der Waals surface area contributed by atoms with Crippen LogP contribution in [0.25, 0.3) is 10.9 Å². The molecule has 0 saturated carbocycles. The quantitative estimate of drug-likeness (QED) is 0.318. The molecule has 0 aliphatic carbocycles. The van der Waals surface area contributed by atoms with Crippen molar-refractivity contribution in [2.45, 2.75) is 39.7 Å². The summed E-state index contributed by atoms with van der Waals surface area (Å²) < 4.78 is 12.8. The molecule has 0 amide bonds. The summed E-state index contributed by atoms with van der Waals surface area (Å²) in [7, 11) is 0. The standard InChI is InChI=1S/C23H23BrClN3O4/c1-5-31-23(30)14(4)32-20-9-7-17(25)10-15(20)12-26-28-21(13(2)3)27-19-8-6-16(24)11-18(19)22(28)29/h6-14H,5H2,1-4H3/t14-/m1/s1. The predicted octanol–water partition coefficient (Wildman–Crippen LogP) is 5.15. The van der Waals surface area contributed by atoms with Crippen LogP contribution in [0.1, 0.15) is 45.0 Å². The van der Waals surface area contributed by atoms with Crippen LogP contribution in [0.3, 0.4) is 0 Å². The van der Waals surface area contributed by atoms with Gasteiger partial charge < -0.3 is 9.47 Å². The summed E-state index contributed by atoms with van der Waals surface area (Å²) in [4.78, 5) is 29.8.